The Bertz CT molecular complexity index is 380. The molecule has 1 rings (SSSR count). The lowest BCUT2D eigenvalue weighted by Gasteiger charge is -2.06. The summed E-state index contributed by atoms with van der Waals surface area (Å²) in [7, 11) is 0. The molecule has 0 fully saturated rings. The lowest BCUT2D eigenvalue weighted by Crippen LogP contribution is -2.07. The number of hydrogen-bond donors (Lipinski definition) is 0. The van der Waals surface area contributed by atoms with Crippen LogP contribution >= 0.6 is 11.6 Å². The summed E-state index contributed by atoms with van der Waals surface area (Å²) in [5.74, 6) is -0.999. The minimum absolute atomic E-state index is 0.579. The van der Waals surface area contributed by atoms with E-state index in [9.17, 15) is 23.3 Å². The summed E-state index contributed by atoms with van der Waals surface area (Å²) in [4.78, 5) is 12.2. The molecule has 0 spiro atoms. The second-order valence-electron chi connectivity index (χ2n) is 2.25. The molecule has 0 aliphatic carbocycles. The number of nitrogens with zero attached hydrogens (tertiary/aromatic N) is 2. The number of halogens is 4. The van der Waals surface area contributed by atoms with Gasteiger partial charge >= 0.3 is 12.0 Å². The first kappa shape index (κ1) is 10.7. The molecule has 0 aliphatic heterocycles. The largest absolute Gasteiger partial charge is 0.418 e. The summed E-state index contributed by atoms with van der Waals surface area (Å²) in [6.45, 7) is 0. The summed E-state index contributed by atoms with van der Waals surface area (Å²) in [5.41, 5.74) is -1.26. The lowest BCUT2D eigenvalue weighted by atomic mass is 10.2. The molecule has 4 nitrogen and oxygen atoms in total. The van der Waals surface area contributed by atoms with Crippen molar-refractivity contribution in [2.24, 2.45) is 0 Å². The van der Waals surface area contributed by atoms with Crippen molar-refractivity contribution >= 4 is 17.4 Å². The van der Waals surface area contributed by atoms with E-state index < -0.39 is 27.5 Å². The Morgan fingerprint density at radius 3 is 2.50 bits per heavy atom. The molecule has 0 aliphatic rings. The highest BCUT2D eigenvalue weighted by molar-refractivity contribution is 6.33. The number of nitro groups is 1. The standard InChI is InChI=1S/C6H2ClF3N2O2/c7-4-3(6(8,9)10)1-2-11-5(4)12(13)14/h1-2H. The topological polar surface area (TPSA) is 56.0 Å². The van der Waals surface area contributed by atoms with Crippen molar-refractivity contribution < 1.29 is 18.1 Å². The summed E-state index contributed by atoms with van der Waals surface area (Å²) < 4.78 is 36.5. The molecular formula is C6H2ClF3N2O2. The molecule has 0 amide bonds. The van der Waals surface area contributed by atoms with Crippen molar-refractivity contribution in [2.45, 2.75) is 6.18 Å². The molecule has 14 heavy (non-hydrogen) atoms. The number of rotatable bonds is 1. The Labute approximate surface area is 80.5 Å². The maximum Gasteiger partial charge on any atom is 0.418 e. The average molecular weight is 227 g/mol. The van der Waals surface area contributed by atoms with E-state index in [4.69, 9.17) is 11.6 Å². The van der Waals surface area contributed by atoms with Crippen molar-refractivity contribution in [3.05, 3.63) is 33.0 Å². The zero-order chi connectivity index (χ0) is 10.9. The fourth-order valence-corrected chi connectivity index (χ4v) is 1.07. The molecule has 76 valence electrons. The van der Waals surface area contributed by atoms with E-state index in [0.717, 1.165) is 0 Å². The fourth-order valence-electron chi connectivity index (χ4n) is 0.779. The van der Waals surface area contributed by atoms with Gasteiger partial charge < -0.3 is 10.1 Å². The normalized spacial score (nSPS) is 11.4. The van der Waals surface area contributed by atoms with Gasteiger partial charge in [0, 0.05) is 0 Å². The molecular weight excluding hydrogens is 225 g/mol. The zero-order valence-electron chi connectivity index (χ0n) is 6.38. The van der Waals surface area contributed by atoms with Crippen LogP contribution in [-0.2, 0) is 6.18 Å². The van der Waals surface area contributed by atoms with Crippen molar-refractivity contribution in [1.29, 1.82) is 0 Å². The van der Waals surface area contributed by atoms with Crippen LogP contribution in [0.1, 0.15) is 5.56 Å². The quantitative estimate of drug-likeness (QED) is 0.546. The van der Waals surface area contributed by atoms with Crippen molar-refractivity contribution in [3.8, 4) is 0 Å². The third-order valence-corrected chi connectivity index (χ3v) is 1.72. The van der Waals surface area contributed by atoms with Crippen LogP contribution in [0.2, 0.25) is 5.02 Å². The Morgan fingerprint density at radius 1 is 1.50 bits per heavy atom. The maximum absolute atomic E-state index is 12.2. The van der Waals surface area contributed by atoms with E-state index in [2.05, 4.69) is 4.98 Å². The van der Waals surface area contributed by atoms with Crippen LogP contribution in [-0.4, -0.2) is 9.91 Å². The van der Waals surface area contributed by atoms with Crippen LogP contribution in [0.5, 0.6) is 0 Å². The molecule has 8 heteroatoms. The van der Waals surface area contributed by atoms with Crippen molar-refractivity contribution in [1.82, 2.24) is 4.98 Å². The van der Waals surface area contributed by atoms with E-state index in [1.54, 1.807) is 0 Å². The van der Waals surface area contributed by atoms with Gasteiger partial charge in [0.1, 0.15) is 6.20 Å². The second-order valence-corrected chi connectivity index (χ2v) is 2.63. The molecule has 0 saturated carbocycles. The molecule has 0 N–H and O–H groups in total. The molecule has 0 radical (unpaired) electrons. The Kier molecular flexibility index (Phi) is 2.61. The maximum atomic E-state index is 12.2. The highest BCUT2D eigenvalue weighted by atomic mass is 35.5. The minimum Gasteiger partial charge on any atom is -0.358 e. The van der Waals surface area contributed by atoms with Gasteiger partial charge in [0.25, 0.3) is 0 Å². The van der Waals surface area contributed by atoms with E-state index in [0.29, 0.717) is 12.3 Å². The molecule has 1 aromatic rings. The number of hydrogen-bond acceptors (Lipinski definition) is 3. The molecule has 0 saturated heterocycles. The fraction of sp³-hybridized carbons (Fsp3) is 0.167. The SMILES string of the molecule is O=[N+]([O-])c1nccc(C(F)(F)F)c1Cl. The third-order valence-electron chi connectivity index (χ3n) is 1.35. The van der Waals surface area contributed by atoms with E-state index in [-0.39, 0.29) is 0 Å². The van der Waals surface area contributed by atoms with Gasteiger partial charge in [-0.3, -0.25) is 0 Å². The molecule has 0 bridgehead atoms. The minimum atomic E-state index is -4.72. The van der Waals surface area contributed by atoms with Gasteiger partial charge in [-0.05, 0) is 16.0 Å². The summed E-state index contributed by atoms with van der Waals surface area (Å²) in [5, 5.41) is 9.20. The molecule has 0 atom stereocenters. The van der Waals surface area contributed by atoms with Crippen molar-refractivity contribution in [3.63, 3.8) is 0 Å². The highest BCUT2D eigenvalue weighted by Gasteiger charge is 2.36. The van der Waals surface area contributed by atoms with Crippen LogP contribution in [0.3, 0.4) is 0 Å². The molecule has 0 aromatic carbocycles. The first-order valence-electron chi connectivity index (χ1n) is 3.20. The Morgan fingerprint density at radius 2 is 2.07 bits per heavy atom. The van der Waals surface area contributed by atoms with Gasteiger partial charge in [-0.25, -0.2) is 0 Å². The van der Waals surface area contributed by atoms with Crippen LogP contribution in [0, 0.1) is 10.1 Å². The van der Waals surface area contributed by atoms with Crippen LogP contribution in [0.15, 0.2) is 12.3 Å². The molecule has 1 heterocycles. The van der Waals surface area contributed by atoms with Gasteiger partial charge in [0.15, 0.2) is 5.02 Å². The molecule has 0 unspecified atom stereocenters. The zero-order valence-corrected chi connectivity index (χ0v) is 7.13. The first-order valence-corrected chi connectivity index (χ1v) is 3.58. The third kappa shape index (κ3) is 1.92. The first-order chi connectivity index (χ1) is 6.34. The van der Waals surface area contributed by atoms with E-state index in [1.165, 1.54) is 0 Å². The summed E-state index contributed by atoms with van der Waals surface area (Å²) in [6, 6.07) is 0.579. The predicted octanol–water partition coefficient (Wildman–Crippen LogP) is 2.66. The van der Waals surface area contributed by atoms with Gasteiger partial charge in [-0.1, -0.05) is 11.6 Å². The Hall–Kier alpha value is -1.37. The van der Waals surface area contributed by atoms with Gasteiger partial charge in [-0.15, -0.1) is 0 Å². The highest BCUT2D eigenvalue weighted by Crippen LogP contribution is 2.37. The average Bonchev–Trinajstić information content (AvgIpc) is 2.01. The van der Waals surface area contributed by atoms with Crippen LogP contribution in [0.4, 0.5) is 19.0 Å². The van der Waals surface area contributed by atoms with Gasteiger partial charge in [0.05, 0.1) is 5.56 Å². The van der Waals surface area contributed by atoms with E-state index >= 15 is 0 Å². The Balaban J connectivity index is 3.35. The van der Waals surface area contributed by atoms with Gasteiger partial charge in [-0.2, -0.15) is 13.2 Å². The number of pyridine rings is 1. The van der Waals surface area contributed by atoms with Crippen molar-refractivity contribution in [2.75, 3.05) is 0 Å². The number of alkyl halides is 3. The molecule has 1 aromatic heterocycles. The number of aromatic nitrogens is 1. The van der Waals surface area contributed by atoms with Crippen LogP contribution in [0.25, 0.3) is 0 Å². The van der Waals surface area contributed by atoms with Crippen LogP contribution < -0.4 is 0 Å². The lowest BCUT2D eigenvalue weighted by molar-refractivity contribution is -0.389. The second kappa shape index (κ2) is 3.41. The predicted molar refractivity (Wildman–Crippen MR) is 40.9 cm³/mol. The smallest absolute Gasteiger partial charge is 0.358 e. The summed E-state index contributed by atoms with van der Waals surface area (Å²) in [6.07, 6.45) is -4.03. The van der Waals surface area contributed by atoms with Gasteiger partial charge in [0.2, 0.25) is 0 Å². The summed E-state index contributed by atoms with van der Waals surface area (Å²) >= 11 is 5.16. The monoisotopic (exact) mass is 226 g/mol. The van der Waals surface area contributed by atoms with E-state index in [1.807, 2.05) is 0 Å².